The first-order chi connectivity index (χ1) is 17.5. The van der Waals surface area contributed by atoms with Crippen molar-refractivity contribution in [3.05, 3.63) is 46.9 Å². The zero-order valence-electron chi connectivity index (χ0n) is 22.0. The molecule has 4 heterocycles. The molecule has 0 saturated carbocycles. The van der Waals surface area contributed by atoms with E-state index in [0.717, 1.165) is 44.2 Å². The molecule has 3 aromatic heterocycles. The van der Waals surface area contributed by atoms with Crippen LogP contribution in [0.4, 0.5) is 0 Å². The first kappa shape index (κ1) is 25.8. The summed E-state index contributed by atoms with van der Waals surface area (Å²) in [4.78, 5) is 23.4. The van der Waals surface area contributed by atoms with Crippen LogP contribution in [0.2, 0.25) is 0 Å². The lowest BCUT2D eigenvalue weighted by atomic mass is 9.81. The molecule has 4 aromatic rings. The highest BCUT2D eigenvalue weighted by atomic mass is 32.1. The average molecular weight is 541 g/mol. The van der Waals surface area contributed by atoms with Crippen molar-refractivity contribution in [3.8, 4) is 32.6 Å². The van der Waals surface area contributed by atoms with Crippen molar-refractivity contribution in [1.82, 2.24) is 19.9 Å². The topological polar surface area (TPSA) is 87.5 Å². The van der Waals surface area contributed by atoms with Crippen molar-refractivity contribution in [3.63, 3.8) is 0 Å². The molecule has 0 amide bonds. The Morgan fingerprint density at radius 3 is 2.41 bits per heavy atom. The number of nitrogens with one attached hydrogen (secondary N) is 1. The van der Waals surface area contributed by atoms with Crippen LogP contribution in [0.5, 0.6) is 10.9 Å². The van der Waals surface area contributed by atoms with Crippen LogP contribution >= 0.6 is 22.7 Å². The fourth-order valence-corrected chi connectivity index (χ4v) is 7.07. The zero-order valence-corrected chi connectivity index (χ0v) is 23.6. The molecular formula is C27H32N4O4S2. The lowest BCUT2D eigenvalue weighted by molar-refractivity contribution is 0.0515. The first-order valence-electron chi connectivity index (χ1n) is 12.2. The molecule has 1 aromatic carbocycles. The summed E-state index contributed by atoms with van der Waals surface area (Å²) < 4.78 is 18.9. The van der Waals surface area contributed by atoms with Crippen LogP contribution in [0.3, 0.4) is 0 Å². The fraction of sp³-hybridized carbons (Fsp3) is 0.444. The summed E-state index contributed by atoms with van der Waals surface area (Å²) in [6.07, 6.45) is 3.69. The second kappa shape index (κ2) is 9.83. The second-order valence-corrected chi connectivity index (χ2v) is 12.7. The number of piperidine rings is 1. The van der Waals surface area contributed by atoms with E-state index < -0.39 is 0 Å². The van der Waals surface area contributed by atoms with E-state index in [1.165, 1.54) is 22.7 Å². The number of methoxy groups -OCH3 is 1. The molecule has 37 heavy (non-hydrogen) atoms. The Labute approximate surface area is 224 Å². The van der Waals surface area contributed by atoms with Gasteiger partial charge >= 0.3 is 0 Å². The van der Waals surface area contributed by atoms with Crippen LogP contribution in [0, 0.1) is 0 Å². The number of aromatic nitrogens is 3. The zero-order chi connectivity index (χ0) is 26.4. The smallest absolute Gasteiger partial charge is 0.276 e. The van der Waals surface area contributed by atoms with Gasteiger partial charge in [0.25, 0.3) is 10.8 Å². The lowest BCUT2D eigenvalue weighted by Gasteiger charge is -2.45. The van der Waals surface area contributed by atoms with Gasteiger partial charge in [-0.2, -0.15) is 4.98 Å². The van der Waals surface area contributed by atoms with Gasteiger partial charge in [0.15, 0.2) is 16.5 Å². The number of rotatable bonds is 7. The number of benzene rings is 1. The number of hydrogen-bond acceptors (Lipinski definition) is 9. The van der Waals surface area contributed by atoms with Crippen LogP contribution in [-0.2, 0) is 11.8 Å². The van der Waals surface area contributed by atoms with Gasteiger partial charge in [0.05, 0.1) is 5.56 Å². The standard InChI is InChI=1S/C27H32N4O4S2/c1-26(2)13-18(14-27(3,4)30-26)35-25-29-24-23(37-25)28-22(36-24)19-8-7-16(11-20(19)34-15-33-6)17-9-10-31(5)21(32)12-17/h7-12,18,30H,13-15H2,1-6H3. The van der Waals surface area contributed by atoms with Gasteiger partial charge in [0, 0.05) is 50.3 Å². The summed E-state index contributed by atoms with van der Waals surface area (Å²) in [5.74, 6) is 0.636. The number of fused-ring (bicyclic) bond motifs is 1. The summed E-state index contributed by atoms with van der Waals surface area (Å²) in [6, 6.07) is 9.39. The highest BCUT2D eigenvalue weighted by Crippen LogP contribution is 2.41. The number of hydrogen-bond donors (Lipinski definition) is 1. The number of ether oxygens (including phenoxy) is 3. The van der Waals surface area contributed by atoms with Gasteiger partial charge in [-0.1, -0.05) is 28.7 Å². The normalized spacial score (nSPS) is 17.2. The van der Waals surface area contributed by atoms with Crippen molar-refractivity contribution in [2.45, 2.75) is 57.7 Å². The maximum absolute atomic E-state index is 12.1. The summed E-state index contributed by atoms with van der Waals surface area (Å²) >= 11 is 2.98. The molecule has 8 nitrogen and oxygen atoms in total. The van der Waals surface area contributed by atoms with Crippen molar-refractivity contribution < 1.29 is 14.2 Å². The third-order valence-electron chi connectivity index (χ3n) is 6.36. The van der Waals surface area contributed by atoms with E-state index in [1.54, 1.807) is 31.0 Å². The van der Waals surface area contributed by atoms with Crippen LogP contribution in [0.15, 0.2) is 41.3 Å². The summed E-state index contributed by atoms with van der Waals surface area (Å²) in [5.41, 5.74) is 2.50. The molecule has 0 radical (unpaired) electrons. The Hall–Kier alpha value is -2.79. The largest absolute Gasteiger partial charge is 0.467 e. The van der Waals surface area contributed by atoms with E-state index in [0.29, 0.717) is 10.9 Å². The molecule has 1 aliphatic rings. The summed E-state index contributed by atoms with van der Waals surface area (Å²) in [6.45, 7) is 8.95. The minimum Gasteiger partial charge on any atom is -0.467 e. The minimum absolute atomic E-state index is 0.00389. The van der Waals surface area contributed by atoms with Crippen LogP contribution in [0.25, 0.3) is 31.4 Å². The van der Waals surface area contributed by atoms with Gasteiger partial charge < -0.3 is 24.1 Å². The van der Waals surface area contributed by atoms with Crippen LogP contribution < -0.4 is 20.3 Å². The number of aryl methyl sites for hydroxylation is 1. The molecule has 0 atom stereocenters. The maximum atomic E-state index is 12.1. The van der Waals surface area contributed by atoms with Gasteiger partial charge in [-0.05, 0) is 57.0 Å². The molecule has 0 spiro atoms. The maximum Gasteiger partial charge on any atom is 0.276 e. The van der Waals surface area contributed by atoms with E-state index in [-0.39, 0.29) is 29.5 Å². The van der Waals surface area contributed by atoms with Gasteiger partial charge in [0.1, 0.15) is 16.9 Å². The third kappa shape index (κ3) is 5.72. The first-order valence-corrected chi connectivity index (χ1v) is 13.8. The Bertz CT molecular complexity index is 1440. The molecule has 1 aliphatic heterocycles. The highest BCUT2D eigenvalue weighted by Gasteiger charge is 2.39. The van der Waals surface area contributed by atoms with Gasteiger partial charge in [0.2, 0.25) is 0 Å². The summed E-state index contributed by atoms with van der Waals surface area (Å²) in [7, 11) is 3.31. The van der Waals surface area contributed by atoms with Crippen LogP contribution in [-0.4, -0.2) is 45.6 Å². The Morgan fingerprint density at radius 1 is 1.03 bits per heavy atom. The lowest BCUT2D eigenvalue weighted by Crippen LogP contribution is -2.60. The Kier molecular flexibility index (Phi) is 6.86. The fourth-order valence-electron chi connectivity index (χ4n) is 5.09. The van der Waals surface area contributed by atoms with E-state index in [4.69, 9.17) is 24.2 Å². The van der Waals surface area contributed by atoms with Gasteiger partial charge in [-0.15, -0.1) is 0 Å². The molecule has 1 saturated heterocycles. The Balaban J connectivity index is 1.41. The number of nitrogens with zero attached hydrogens (tertiary/aromatic N) is 3. The Morgan fingerprint density at radius 2 is 1.73 bits per heavy atom. The SMILES string of the molecule is COCOc1cc(-c2ccn(C)c(=O)c2)ccc1-c1nc2sc(OC3CC(C)(C)NC(C)(C)C3)nc2s1. The predicted octanol–water partition coefficient (Wildman–Crippen LogP) is 5.46. The van der Waals surface area contributed by atoms with Gasteiger partial charge in [-0.25, -0.2) is 4.98 Å². The highest BCUT2D eigenvalue weighted by molar-refractivity contribution is 7.28. The molecule has 10 heteroatoms. The number of thiazole rings is 2. The second-order valence-electron chi connectivity index (χ2n) is 10.8. The average Bonchev–Trinajstić information content (AvgIpc) is 3.35. The third-order valence-corrected chi connectivity index (χ3v) is 8.31. The van der Waals surface area contributed by atoms with Crippen molar-refractivity contribution in [2.24, 2.45) is 7.05 Å². The predicted molar refractivity (Wildman–Crippen MR) is 149 cm³/mol. The molecule has 1 N–H and O–H groups in total. The quantitative estimate of drug-likeness (QED) is 0.312. The van der Waals surface area contributed by atoms with E-state index in [9.17, 15) is 4.79 Å². The van der Waals surface area contributed by atoms with Crippen molar-refractivity contribution in [2.75, 3.05) is 13.9 Å². The molecular weight excluding hydrogens is 508 g/mol. The monoisotopic (exact) mass is 540 g/mol. The molecule has 196 valence electrons. The van der Waals surface area contributed by atoms with Crippen LogP contribution in [0.1, 0.15) is 40.5 Å². The van der Waals surface area contributed by atoms with Crippen molar-refractivity contribution in [1.29, 1.82) is 0 Å². The van der Waals surface area contributed by atoms with Crippen molar-refractivity contribution >= 4 is 32.3 Å². The number of pyridine rings is 1. The molecule has 5 rings (SSSR count). The van der Waals surface area contributed by atoms with E-state index in [2.05, 4.69) is 33.0 Å². The molecule has 1 fully saturated rings. The molecule has 0 bridgehead atoms. The summed E-state index contributed by atoms with van der Waals surface area (Å²) in [5, 5.41) is 5.16. The van der Waals surface area contributed by atoms with E-state index in [1.807, 2.05) is 24.3 Å². The van der Waals surface area contributed by atoms with E-state index >= 15 is 0 Å². The van der Waals surface area contributed by atoms with Gasteiger partial charge in [-0.3, -0.25) is 4.79 Å². The molecule has 0 unspecified atom stereocenters. The minimum atomic E-state index is -0.0678. The molecule has 0 aliphatic carbocycles.